The van der Waals surface area contributed by atoms with E-state index in [1.807, 2.05) is 12.1 Å². The normalized spacial score (nSPS) is 10.8. The van der Waals surface area contributed by atoms with Gasteiger partial charge in [0, 0.05) is 6.54 Å². The Balaban J connectivity index is 2.51. The third kappa shape index (κ3) is 5.84. The predicted molar refractivity (Wildman–Crippen MR) is 86.5 cm³/mol. The van der Waals surface area contributed by atoms with Crippen LogP contribution in [0.5, 0.6) is 17.2 Å². The fraction of sp³-hybridized carbons (Fsp3) is 0.647. The largest absolute Gasteiger partial charge is 0.493 e. The lowest BCUT2D eigenvalue weighted by molar-refractivity contribution is 0.323. The van der Waals surface area contributed by atoms with E-state index in [9.17, 15) is 0 Å². The van der Waals surface area contributed by atoms with Gasteiger partial charge >= 0.3 is 0 Å². The Morgan fingerprint density at radius 3 is 2.05 bits per heavy atom. The summed E-state index contributed by atoms with van der Waals surface area (Å²) in [6, 6.07) is 3.98. The zero-order valence-corrected chi connectivity index (χ0v) is 14.0. The molecule has 0 spiro atoms. The van der Waals surface area contributed by atoms with Gasteiger partial charge in [0.05, 0.1) is 21.3 Å². The van der Waals surface area contributed by atoms with Crippen molar-refractivity contribution in [1.29, 1.82) is 0 Å². The van der Waals surface area contributed by atoms with Crippen LogP contribution in [0.25, 0.3) is 0 Å². The average molecular weight is 295 g/mol. The Bertz CT molecular complexity index is 393. The second-order valence-corrected chi connectivity index (χ2v) is 5.60. The van der Waals surface area contributed by atoms with Crippen molar-refractivity contribution in [1.82, 2.24) is 5.32 Å². The van der Waals surface area contributed by atoms with Crippen LogP contribution in [0, 0.1) is 5.92 Å². The second kappa shape index (κ2) is 9.50. The molecule has 4 nitrogen and oxygen atoms in total. The maximum atomic E-state index is 5.36. The fourth-order valence-electron chi connectivity index (χ4n) is 2.27. The summed E-state index contributed by atoms with van der Waals surface area (Å²) < 4.78 is 16.0. The molecule has 0 saturated heterocycles. The maximum absolute atomic E-state index is 5.36. The predicted octanol–water partition coefficient (Wildman–Crippen LogP) is 3.63. The summed E-state index contributed by atoms with van der Waals surface area (Å²) in [5.74, 6) is 2.84. The number of unbranched alkanes of at least 4 members (excludes halogenated alkanes) is 1. The average Bonchev–Trinajstić information content (AvgIpc) is 2.49. The van der Waals surface area contributed by atoms with Gasteiger partial charge < -0.3 is 19.5 Å². The van der Waals surface area contributed by atoms with Crippen molar-refractivity contribution in [2.24, 2.45) is 5.92 Å². The van der Waals surface area contributed by atoms with E-state index in [1.165, 1.54) is 19.3 Å². The third-order valence-electron chi connectivity index (χ3n) is 3.44. The lowest BCUT2D eigenvalue weighted by Gasteiger charge is -2.14. The molecule has 0 saturated carbocycles. The zero-order valence-electron chi connectivity index (χ0n) is 14.0. The highest BCUT2D eigenvalue weighted by Gasteiger charge is 2.12. The lowest BCUT2D eigenvalue weighted by Crippen LogP contribution is -2.15. The standard InChI is InChI=1S/C17H29NO3/c1-13(2)8-6-7-9-18-12-14-10-15(19-3)17(21-5)16(11-14)20-4/h10-11,13,18H,6-9,12H2,1-5H3. The molecule has 1 aromatic carbocycles. The monoisotopic (exact) mass is 295 g/mol. The first-order valence-electron chi connectivity index (χ1n) is 7.62. The third-order valence-corrected chi connectivity index (χ3v) is 3.44. The first-order chi connectivity index (χ1) is 10.1. The molecule has 1 N–H and O–H groups in total. The van der Waals surface area contributed by atoms with Gasteiger partial charge in [0.25, 0.3) is 0 Å². The summed E-state index contributed by atoms with van der Waals surface area (Å²) in [5.41, 5.74) is 1.13. The molecule has 0 fully saturated rings. The minimum absolute atomic E-state index is 0.640. The summed E-state index contributed by atoms with van der Waals surface area (Å²) in [4.78, 5) is 0. The Morgan fingerprint density at radius 1 is 0.952 bits per heavy atom. The quantitative estimate of drug-likeness (QED) is 0.669. The molecule has 1 aromatic rings. The molecule has 21 heavy (non-hydrogen) atoms. The van der Waals surface area contributed by atoms with Crippen LogP contribution in [0.4, 0.5) is 0 Å². The van der Waals surface area contributed by atoms with Gasteiger partial charge in [-0.15, -0.1) is 0 Å². The van der Waals surface area contributed by atoms with E-state index < -0.39 is 0 Å². The molecule has 0 aliphatic carbocycles. The summed E-state index contributed by atoms with van der Waals surface area (Å²) in [6.07, 6.45) is 3.79. The van der Waals surface area contributed by atoms with Crippen LogP contribution in [-0.2, 0) is 6.54 Å². The van der Waals surface area contributed by atoms with E-state index in [1.54, 1.807) is 21.3 Å². The van der Waals surface area contributed by atoms with E-state index in [4.69, 9.17) is 14.2 Å². The van der Waals surface area contributed by atoms with Gasteiger partial charge in [-0.3, -0.25) is 0 Å². The fourth-order valence-corrected chi connectivity index (χ4v) is 2.27. The van der Waals surface area contributed by atoms with Crippen LogP contribution < -0.4 is 19.5 Å². The van der Waals surface area contributed by atoms with Crippen LogP contribution in [0.1, 0.15) is 38.7 Å². The van der Waals surface area contributed by atoms with Gasteiger partial charge in [0.1, 0.15) is 0 Å². The number of hydrogen-bond acceptors (Lipinski definition) is 4. The maximum Gasteiger partial charge on any atom is 0.203 e. The zero-order chi connectivity index (χ0) is 15.7. The molecule has 0 aliphatic heterocycles. The minimum atomic E-state index is 0.640. The Kier molecular flexibility index (Phi) is 7.98. The highest BCUT2D eigenvalue weighted by atomic mass is 16.5. The van der Waals surface area contributed by atoms with Crippen molar-refractivity contribution in [3.63, 3.8) is 0 Å². The van der Waals surface area contributed by atoms with Crippen molar-refractivity contribution in [2.75, 3.05) is 27.9 Å². The molecule has 1 rings (SSSR count). The van der Waals surface area contributed by atoms with Crippen molar-refractivity contribution in [3.8, 4) is 17.2 Å². The summed E-state index contributed by atoms with van der Waals surface area (Å²) >= 11 is 0. The molecule has 0 unspecified atom stereocenters. The van der Waals surface area contributed by atoms with E-state index >= 15 is 0 Å². The van der Waals surface area contributed by atoms with E-state index in [0.717, 1.165) is 24.6 Å². The first kappa shape index (κ1) is 17.6. The Labute approximate surface area is 128 Å². The number of hydrogen-bond donors (Lipinski definition) is 1. The van der Waals surface area contributed by atoms with Crippen LogP contribution in [0.15, 0.2) is 12.1 Å². The SMILES string of the molecule is COc1cc(CNCCCCC(C)C)cc(OC)c1OC. The number of ether oxygens (including phenoxy) is 3. The molecule has 0 bridgehead atoms. The molecule has 0 radical (unpaired) electrons. The van der Waals surface area contributed by atoms with Gasteiger partial charge in [-0.2, -0.15) is 0 Å². The van der Waals surface area contributed by atoms with Gasteiger partial charge in [0.2, 0.25) is 5.75 Å². The molecule has 0 heterocycles. The van der Waals surface area contributed by atoms with Crippen LogP contribution in [0.2, 0.25) is 0 Å². The van der Waals surface area contributed by atoms with E-state index in [-0.39, 0.29) is 0 Å². The highest BCUT2D eigenvalue weighted by Crippen LogP contribution is 2.38. The van der Waals surface area contributed by atoms with Crippen molar-refractivity contribution in [3.05, 3.63) is 17.7 Å². The minimum Gasteiger partial charge on any atom is -0.493 e. The van der Waals surface area contributed by atoms with Gasteiger partial charge in [-0.05, 0) is 36.6 Å². The molecule has 4 heteroatoms. The molecular weight excluding hydrogens is 266 g/mol. The van der Waals surface area contributed by atoms with Crippen molar-refractivity contribution >= 4 is 0 Å². The lowest BCUT2D eigenvalue weighted by atomic mass is 10.1. The topological polar surface area (TPSA) is 39.7 Å². The van der Waals surface area contributed by atoms with Crippen LogP contribution >= 0.6 is 0 Å². The second-order valence-electron chi connectivity index (χ2n) is 5.60. The molecule has 0 aliphatic rings. The molecule has 0 aromatic heterocycles. The highest BCUT2D eigenvalue weighted by molar-refractivity contribution is 5.53. The van der Waals surface area contributed by atoms with Crippen LogP contribution in [-0.4, -0.2) is 27.9 Å². The van der Waals surface area contributed by atoms with E-state index in [0.29, 0.717) is 17.2 Å². The molecule has 0 atom stereocenters. The van der Waals surface area contributed by atoms with E-state index in [2.05, 4.69) is 19.2 Å². The summed E-state index contributed by atoms with van der Waals surface area (Å²) in [7, 11) is 4.90. The van der Waals surface area contributed by atoms with Crippen LogP contribution in [0.3, 0.4) is 0 Å². The number of rotatable bonds is 10. The van der Waals surface area contributed by atoms with Gasteiger partial charge in [0.15, 0.2) is 11.5 Å². The Hall–Kier alpha value is -1.42. The Morgan fingerprint density at radius 2 is 1.57 bits per heavy atom. The van der Waals surface area contributed by atoms with Crippen molar-refractivity contribution < 1.29 is 14.2 Å². The molecular formula is C17H29NO3. The molecule has 0 amide bonds. The molecule has 120 valence electrons. The number of methoxy groups -OCH3 is 3. The van der Waals surface area contributed by atoms with Crippen molar-refractivity contribution in [2.45, 2.75) is 39.7 Å². The number of benzene rings is 1. The summed E-state index contributed by atoms with van der Waals surface area (Å²) in [6.45, 7) is 6.37. The van der Waals surface area contributed by atoms with Gasteiger partial charge in [-0.25, -0.2) is 0 Å². The smallest absolute Gasteiger partial charge is 0.203 e. The summed E-state index contributed by atoms with van der Waals surface area (Å²) in [5, 5.41) is 3.46. The first-order valence-corrected chi connectivity index (χ1v) is 7.62. The number of nitrogens with one attached hydrogen (secondary N) is 1. The van der Waals surface area contributed by atoms with Gasteiger partial charge in [-0.1, -0.05) is 26.7 Å².